The van der Waals surface area contributed by atoms with Crippen LogP contribution in [-0.4, -0.2) is 116 Å². The van der Waals surface area contributed by atoms with Gasteiger partial charge in [0.1, 0.15) is 23.7 Å². The van der Waals surface area contributed by atoms with Gasteiger partial charge < -0.3 is 40.2 Å². The molecule has 0 spiro atoms. The Hall–Kier alpha value is -4.96. The molecule has 4 heterocycles. The average molecular weight is 749 g/mol. The molecule has 2 aromatic heterocycles. The van der Waals surface area contributed by atoms with Gasteiger partial charge in [-0.2, -0.15) is 0 Å². The minimum absolute atomic E-state index is 0.203. The highest BCUT2D eigenvalue weighted by atomic mass is 19.1. The fourth-order valence-corrected chi connectivity index (χ4v) is 7.53. The molecular weight excluding hydrogens is 698 g/mol. The van der Waals surface area contributed by atoms with Gasteiger partial charge in [0, 0.05) is 50.4 Å². The van der Waals surface area contributed by atoms with Crippen molar-refractivity contribution in [3.05, 3.63) is 48.0 Å². The Bertz CT molecular complexity index is 1900. The third kappa shape index (κ3) is 7.80. The molecule has 4 N–H and O–H groups in total. The Morgan fingerprint density at radius 1 is 0.667 bits per heavy atom. The van der Waals surface area contributed by atoms with Gasteiger partial charge in [0.2, 0.25) is 23.6 Å². The number of fused-ring (bicyclic) bond motifs is 2. The van der Waals surface area contributed by atoms with E-state index >= 15 is 0 Å². The number of amides is 4. The molecule has 4 amide bonds. The number of carbonyl (C=O) groups is 4. The highest BCUT2D eigenvalue weighted by molar-refractivity contribution is 5.91. The Morgan fingerprint density at radius 3 is 1.43 bits per heavy atom. The summed E-state index contributed by atoms with van der Waals surface area (Å²) in [6.07, 6.45) is 2.91. The van der Waals surface area contributed by atoms with Crippen LogP contribution in [0.2, 0.25) is 0 Å². The summed E-state index contributed by atoms with van der Waals surface area (Å²) in [6.45, 7) is 8.43. The maximum absolute atomic E-state index is 14.6. The second-order valence-electron chi connectivity index (χ2n) is 14.5. The molecule has 290 valence electrons. The lowest BCUT2D eigenvalue weighted by atomic mass is 10.1. The third-order valence-electron chi connectivity index (χ3n) is 10.8. The number of rotatable bonds is 13. The SMILES string of the molecule is CN[C@H](C)C(=O)N[C@H](C)C(=O)N1CCC[C@H]1Cn1c(-c2nc3cc(F)ccc3n2C[C@@H]2CCCN2C(=O)[C@@H](C)NC(=O)[C@@H](C)NC)nc2cc(F)ccc21. The van der Waals surface area contributed by atoms with Crippen molar-refractivity contribution in [3.63, 3.8) is 0 Å². The molecule has 2 fully saturated rings. The summed E-state index contributed by atoms with van der Waals surface area (Å²) >= 11 is 0. The van der Waals surface area contributed by atoms with Crippen molar-refractivity contribution in [1.82, 2.24) is 50.2 Å². The van der Waals surface area contributed by atoms with E-state index in [-0.39, 0.29) is 35.7 Å². The molecule has 0 unspecified atom stereocenters. The number of nitrogens with zero attached hydrogens (tertiary/aromatic N) is 6. The van der Waals surface area contributed by atoms with Gasteiger partial charge in [-0.15, -0.1) is 0 Å². The number of likely N-dealkylation sites (N-methyl/N-ethyl adjacent to an activating group) is 2. The maximum atomic E-state index is 14.6. The quantitative estimate of drug-likeness (QED) is 0.163. The molecule has 2 aliphatic heterocycles. The summed E-state index contributed by atoms with van der Waals surface area (Å²) in [7, 11) is 3.35. The van der Waals surface area contributed by atoms with Crippen LogP contribution in [0.5, 0.6) is 0 Å². The van der Waals surface area contributed by atoms with Gasteiger partial charge in [-0.1, -0.05) is 0 Å². The normalized spacial score (nSPS) is 19.6. The smallest absolute Gasteiger partial charge is 0.245 e. The molecule has 54 heavy (non-hydrogen) atoms. The minimum atomic E-state index is -0.749. The van der Waals surface area contributed by atoms with Gasteiger partial charge >= 0.3 is 0 Å². The van der Waals surface area contributed by atoms with Gasteiger partial charge in [0.25, 0.3) is 0 Å². The van der Waals surface area contributed by atoms with E-state index in [1.54, 1.807) is 63.7 Å². The van der Waals surface area contributed by atoms with Crippen LogP contribution in [0.1, 0.15) is 53.4 Å². The molecule has 4 aromatic rings. The van der Waals surface area contributed by atoms with Crippen molar-refractivity contribution in [2.24, 2.45) is 0 Å². The predicted octanol–water partition coefficient (Wildman–Crippen LogP) is 2.54. The number of benzene rings is 2. The first-order valence-electron chi connectivity index (χ1n) is 18.7. The molecule has 0 aliphatic carbocycles. The highest BCUT2D eigenvalue weighted by Gasteiger charge is 2.36. The van der Waals surface area contributed by atoms with E-state index in [4.69, 9.17) is 9.97 Å². The number of aromatic nitrogens is 4. The number of hydrogen-bond acceptors (Lipinski definition) is 8. The summed E-state index contributed by atoms with van der Waals surface area (Å²) in [5, 5.41) is 11.4. The molecule has 0 radical (unpaired) electrons. The number of hydrogen-bond donors (Lipinski definition) is 4. The van der Waals surface area contributed by atoms with Crippen LogP contribution in [0.15, 0.2) is 36.4 Å². The zero-order valence-electron chi connectivity index (χ0n) is 31.7. The Labute approximate surface area is 313 Å². The number of carbonyl (C=O) groups excluding carboxylic acids is 4. The maximum Gasteiger partial charge on any atom is 0.245 e. The Kier molecular flexibility index (Phi) is 11.6. The van der Waals surface area contributed by atoms with Gasteiger partial charge in [-0.05, 0) is 91.7 Å². The van der Waals surface area contributed by atoms with E-state index in [2.05, 4.69) is 21.3 Å². The first-order valence-corrected chi connectivity index (χ1v) is 18.7. The molecule has 2 aliphatic rings. The molecule has 14 nitrogen and oxygen atoms in total. The summed E-state index contributed by atoms with van der Waals surface area (Å²) in [4.78, 5) is 66.0. The van der Waals surface area contributed by atoms with Gasteiger partial charge in [0.15, 0.2) is 11.6 Å². The van der Waals surface area contributed by atoms with Crippen LogP contribution in [0, 0.1) is 11.6 Å². The second-order valence-corrected chi connectivity index (χ2v) is 14.5. The molecule has 16 heteroatoms. The minimum Gasteiger partial charge on any atom is -0.343 e. The number of halogens is 2. The first-order chi connectivity index (χ1) is 25.8. The summed E-state index contributed by atoms with van der Waals surface area (Å²) in [6, 6.07) is 5.77. The summed E-state index contributed by atoms with van der Waals surface area (Å²) in [5.41, 5.74) is 2.06. The zero-order chi connectivity index (χ0) is 38.8. The van der Waals surface area contributed by atoms with Gasteiger partial charge in [0.05, 0.1) is 34.2 Å². The largest absolute Gasteiger partial charge is 0.343 e. The van der Waals surface area contributed by atoms with Crippen LogP contribution in [0.3, 0.4) is 0 Å². The van der Waals surface area contributed by atoms with Crippen molar-refractivity contribution in [1.29, 1.82) is 0 Å². The van der Waals surface area contributed by atoms with Gasteiger partial charge in [-0.25, -0.2) is 18.7 Å². The fraction of sp³-hybridized carbons (Fsp3) is 0.526. The lowest BCUT2D eigenvalue weighted by Gasteiger charge is -2.30. The van der Waals surface area contributed by atoms with Crippen molar-refractivity contribution in [2.75, 3.05) is 27.2 Å². The number of nitrogens with one attached hydrogen (secondary N) is 4. The van der Waals surface area contributed by atoms with Crippen molar-refractivity contribution < 1.29 is 28.0 Å². The monoisotopic (exact) mass is 748 g/mol. The van der Waals surface area contributed by atoms with Crippen LogP contribution < -0.4 is 21.3 Å². The molecular formula is C38H50F2N10O4. The molecule has 0 bridgehead atoms. The highest BCUT2D eigenvalue weighted by Crippen LogP contribution is 2.33. The molecule has 0 saturated carbocycles. The molecule has 6 atom stereocenters. The molecule has 2 aromatic carbocycles. The van der Waals surface area contributed by atoms with Crippen LogP contribution in [0.4, 0.5) is 8.78 Å². The predicted molar refractivity (Wildman–Crippen MR) is 200 cm³/mol. The fourth-order valence-electron chi connectivity index (χ4n) is 7.53. The van der Waals surface area contributed by atoms with Gasteiger partial charge in [-0.3, -0.25) is 19.2 Å². The van der Waals surface area contributed by atoms with Crippen LogP contribution >= 0.6 is 0 Å². The van der Waals surface area contributed by atoms with E-state index in [9.17, 15) is 28.0 Å². The van der Waals surface area contributed by atoms with Crippen molar-refractivity contribution >= 4 is 45.7 Å². The van der Waals surface area contributed by atoms with E-state index in [1.807, 2.05) is 9.13 Å². The lowest BCUT2D eigenvalue weighted by Crippen LogP contribution is -2.52. The van der Waals surface area contributed by atoms with Crippen molar-refractivity contribution in [2.45, 2.75) is 103 Å². The Balaban J connectivity index is 1.36. The molecule has 6 rings (SSSR count). The van der Waals surface area contributed by atoms with Crippen LogP contribution in [0.25, 0.3) is 33.7 Å². The molecule has 2 saturated heterocycles. The summed E-state index contributed by atoms with van der Waals surface area (Å²) in [5.74, 6) is -1.06. The van der Waals surface area contributed by atoms with E-state index in [0.717, 1.165) is 12.8 Å². The zero-order valence-corrected chi connectivity index (χ0v) is 31.7. The topological polar surface area (TPSA) is 159 Å². The third-order valence-corrected chi connectivity index (χ3v) is 10.8. The first kappa shape index (κ1) is 38.8. The lowest BCUT2D eigenvalue weighted by molar-refractivity contribution is -0.137. The average Bonchev–Trinajstić information content (AvgIpc) is 3.96. The number of likely N-dealkylation sites (tertiary alicyclic amines) is 2. The Morgan fingerprint density at radius 2 is 1.06 bits per heavy atom. The van der Waals surface area contributed by atoms with Crippen LogP contribution in [-0.2, 0) is 32.3 Å². The second kappa shape index (κ2) is 16.2. The van der Waals surface area contributed by atoms with E-state index in [1.165, 1.54) is 24.3 Å². The standard InChI is InChI=1S/C38H50F2N10O4/c1-21(41-5)35(51)43-23(3)37(53)47-15-7-9-27(47)19-49-31-13-11-25(39)17-29(31)45-33(49)34-46-30-18-26(40)12-14-32(30)50(34)20-28-10-8-16-48(28)38(54)24(4)44-36(52)22(2)42-6/h11-14,17-18,21-24,27-28,41-42H,7-10,15-16,19-20H2,1-6H3,(H,43,51)(H,44,52)/t21-,22-,23-,24-,27+,28+/m1/s1. The van der Waals surface area contributed by atoms with E-state index in [0.29, 0.717) is 72.7 Å². The van der Waals surface area contributed by atoms with Crippen molar-refractivity contribution in [3.8, 4) is 11.6 Å². The van der Waals surface area contributed by atoms with E-state index < -0.39 is 35.8 Å². The summed E-state index contributed by atoms with van der Waals surface area (Å²) < 4.78 is 33.2. The number of imidazole rings is 2.